The second-order valence-electron chi connectivity index (χ2n) is 13.9. The van der Waals surface area contributed by atoms with Gasteiger partial charge in [0, 0.05) is 29.6 Å². The van der Waals surface area contributed by atoms with E-state index in [-0.39, 0.29) is 73.2 Å². The number of fused-ring (bicyclic) bond motifs is 5. The summed E-state index contributed by atoms with van der Waals surface area (Å²) in [6.45, 7) is 3.46. The molecule has 0 aromatic rings. The number of unbranched alkanes of at least 4 members (excludes halogenated alkanes) is 4. The quantitative estimate of drug-likeness (QED) is 0.0790. The van der Waals surface area contributed by atoms with Crippen molar-refractivity contribution in [1.82, 2.24) is 10.8 Å². The van der Waals surface area contributed by atoms with Crippen molar-refractivity contribution in [2.45, 2.75) is 109 Å². The van der Waals surface area contributed by atoms with E-state index < -0.39 is 46.9 Å². The number of rotatable bonds is 18. The minimum atomic E-state index is -1.62. The van der Waals surface area contributed by atoms with Gasteiger partial charge in [-0.3, -0.25) is 49.7 Å². The van der Waals surface area contributed by atoms with Crippen LogP contribution in [0, 0.1) is 28.6 Å². The lowest BCUT2D eigenvalue weighted by molar-refractivity contribution is -0.492. The van der Waals surface area contributed by atoms with E-state index in [0.717, 1.165) is 12.0 Å². The molecule has 4 aliphatic rings. The Hall–Kier alpha value is -2.60. The smallest absolute Gasteiger partial charge is 0.306 e. The van der Waals surface area contributed by atoms with Gasteiger partial charge in [-0.25, -0.2) is 0 Å². The summed E-state index contributed by atoms with van der Waals surface area (Å²) in [7, 11) is 0. The highest BCUT2D eigenvalue weighted by Gasteiger charge is 2.70. The number of carbonyl (C=O) groups excluding carboxylic acids is 4. The summed E-state index contributed by atoms with van der Waals surface area (Å²) in [6.07, 6.45) is 9.54. The van der Waals surface area contributed by atoms with Crippen LogP contribution < -0.4 is 0 Å². The SMILES string of the molecule is C[C@]12C=CC(=O)C=C1CCC1C3CC[C@](OC(=O)CCCCCON(O)O)(C(=O)COC(=O)CCCCCON(O)O)[C@@]3(C)C[C@H](O)[C@@H]12. The number of aliphatic hydroxyl groups excluding tert-OH is 1. The Balaban J connectivity index is 1.47. The molecule has 0 aromatic carbocycles. The van der Waals surface area contributed by atoms with Gasteiger partial charge in [0.05, 0.1) is 30.1 Å². The highest BCUT2D eigenvalue weighted by atomic mass is 17.1. The van der Waals surface area contributed by atoms with E-state index in [9.17, 15) is 24.3 Å². The van der Waals surface area contributed by atoms with Gasteiger partial charge in [-0.2, -0.15) is 0 Å². The fraction of sp³-hybridized carbons (Fsp3) is 0.758. The Morgan fingerprint density at radius 3 is 2.15 bits per heavy atom. The minimum absolute atomic E-state index is 0.0000185. The summed E-state index contributed by atoms with van der Waals surface area (Å²) in [4.78, 5) is 61.3. The number of aliphatic hydroxyl groups is 1. The molecule has 3 fully saturated rings. The van der Waals surface area contributed by atoms with Gasteiger partial charge in [0.25, 0.3) is 0 Å². The molecule has 7 atom stereocenters. The molecule has 48 heavy (non-hydrogen) atoms. The van der Waals surface area contributed by atoms with Crippen molar-refractivity contribution in [3.8, 4) is 0 Å². The lowest BCUT2D eigenvalue weighted by Crippen LogP contribution is -2.63. The number of ketones is 2. The summed E-state index contributed by atoms with van der Waals surface area (Å²) in [5, 5.41) is 45.6. The first-order valence-electron chi connectivity index (χ1n) is 16.9. The van der Waals surface area contributed by atoms with Gasteiger partial charge in [0.1, 0.15) is 0 Å². The van der Waals surface area contributed by atoms with Gasteiger partial charge >= 0.3 is 11.9 Å². The van der Waals surface area contributed by atoms with Gasteiger partial charge < -0.3 is 14.6 Å². The third-order valence-corrected chi connectivity index (χ3v) is 11.2. The number of hydrogen-bond acceptors (Lipinski definition) is 15. The van der Waals surface area contributed by atoms with E-state index in [4.69, 9.17) is 30.3 Å². The Kier molecular flexibility index (Phi) is 13.1. The Morgan fingerprint density at radius 1 is 0.896 bits per heavy atom. The number of hydrogen-bond donors (Lipinski definition) is 5. The molecule has 5 N–H and O–H groups in total. The molecule has 0 aliphatic heterocycles. The van der Waals surface area contributed by atoms with Crippen LogP contribution >= 0.6 is 0 Å². The zero-order valence-corrected chi connectivity index (χ0v) is 27.8. The van der Waals surface area contributed by atoms with Crippen LogP contribution in [-0.2, 0) is 38.3 Å². The van der Waals surface area contributed by atoms with Gasteiger partial charge in [-0.05, 0) is 81.8 Å². The summed E-state index contributed by atoms with van der Waals surface area (Å²) in [5.74, 6) is -2.02. The zero-order valence-electron chi connectivity index (χ0n) is 27.8. The largest absolute Gasteiger partial charge is 0.457 e. The maximum atomic E-state index is 14.2. The van der Waals surface area contributed by atoms with E-state index in [1.807, 2.05) is 13.0 Å². The number of nitrogens with zero attached hydrogens (tertiary/aromatic N) is 2. The van der Waals surface area contributed by atoms with E-state index >= 15 is 0 Å². The van der Waals surface area contributed by atoms with E-state index in [1.54, 1.807) is 12.2 Å². The number of Topliss-reactive ketones (excluding diaryl/α,β-unsaturated/α-hetero) is 1. The summed E-state index contributed by atoms with van der Waals surface area (Å²) in [5.41, 5.74) is -2.06. The molecule has 15 heteroatoms. The number of carbonyl (C=O) groups is 4. The Bertz CT molecular complexity index is 1240. The van der Waals surface area contributed by atoms with E-state index in [1.165, 1.54) is 0 Å². The first-order valence-corrected chi connectivity index (χ1v) is 16.9. The molecule has 2 unspecified atom stereocenters. The van der Waals surface area contributed by atoms with Crippen molar-refractivity contribution in [2.75, 3.05) is 19.8 Å². The summed E-state index contributed by atoms with van der Waals surface area (Å²) >= 11 is 0. The molecule has 15 nitrogen and oxygen atoms in total. The molecule has 0 saturated heterocycles. The average Bonchev–Trinajstić information content (AvgIpc) is 3.31. The maximum Gasteiger partial charge on any atom is 0.306 e. The van der Waals surface area contributed by atoms with E-state index in [0.29, 0.717) is 51.4 Å². The lowest BCUT2D eigenvalue weighted by atomic mass is 9.46. The first-order chi connectivity index (χ1) is 22.7. The van der Waals surface area contributed by atoms with Gasteiger partial charge in [-0.15, -0.1) is 0 Å². The second kappa shape index (κ2) is 16.4. The maximum absolute atomic E-state index is 14.2. The monoisotopic (exact) mass is 682 g/mol. The van der Waals surface area contributed by atoms with Crippen molar-refractivity contribution < 1.29 is 64.3 Å². The van der Waals surface area contributed by atoms with Crippen LogP contribution in [0.25, 0.3) is 0 Å². The van der Waals surface area contributed by atoms with Crippen molar-refractivity contribution in [1.29, 1.82) is 0 Å². The molecule has 0 bridgehead atoms. The number of ether oxygens (including phenoxy) is 2. The lowest BCUT2D eigenvalue weighted by Gasteiger charge is -2.59. The third-order valence-electron chi connectivity index (χ3n) is 11.2. The zero-order chi connectivity index (χ0) is 35.1. The summed E-state index contributed by atoms with van der Waals surface area (Å²) < 4.78 is 11.6. The molecule has 0 radical (unpaired) electrons. The van der Waals surface area contributed by atoms with Crippen LogP contribution in [0.5, 0.6) is 0 Å². The van der Waals surface area contributed by atoms with E-state index in [2.05, 4.69) is 16.6 Å². The number of esters is 2. The Morgan fingerprint density at radius 2 is 1.52 bits per heavy atom. The average molecular weight is 683 g/mol. The highest BCUT2D eigenvalue weighted by molar-refractivity contribution is 6.01. The van der Waals surface area contributed by atoms with Crippen LogP contribution in [0.2, 0.25) is 0 Å². The molecule has 0 amide bonds. The Labute approximate surface area is 279 Å². The van der Waals surface area contributed by atoms with Crippen molar-refractivity contribution in [3.63, 3.8) is 0 Å². The normalized spacial score (nSPS) is 32.4. The summed E-state index contributed by atoms with van der Waals surface area (Å²) in [6, 6.07) is 0. The van der Waals surface area contributed by atoms with Crippen LogP contribution in [0.15, 0.2) is 23.8 Å². The third kappa shape index (κ3) is 8.40. The molecule has 4 aliphatic carbocycles. The molecular weight excluding hydrogens is 632 g/mol. The first kappa shape index (κ1) is 38.2. The molecule has 270 valence electrons. The van der Waals surface area contributed by atoms with Crippen molar-refractivity contribution >= 4 is 23.5 Å². The van der Waals surface area contributed by atoms with Gasteiger partial charge in [-0.1, -0.05) is 38.3 Å². The van der Waals surface area contributed by atoms with Crippen LogP contribution in [0.3, 0.4) is 0 Å². The molecule has 0 spiro atoms. The highest BCUT2D eigenvalue weighted by Crippen LogP contribution is 2.68. The standard InChI is InChI=1S/C33H50N2O13/c1-31-15-13-23(36)19-22(31)11-12-24-25-14-16-33(32(25,2)20-26(37)30(24)31,48-29(40)10-6-4-8-18-47-35(43)44)27(38)21-45-28(39)9-5-3-7-17-46-34(41)42/h13,15,19,24-26,30,37,41-44H,3-12,14,16-18,20-21H2,1-2H3/t24?,25?,26-,30+,31-,32-,33-/m0/s1. The molecule has 3 saturated carbocycles. The molecule has 0 heterocycles. The fourth-order valence-electron chi connectivity index (χ4n) is 8.97. The van der Waals surface area contributed by atoms with Crippen LogP contribution in [0.1, 0.15) is 97.3 Å². The molecule has 4 rings (SSSR count). The minimum Gasteiger partial charge on any atom is -0.457 e. The predicted octanol–water partition coefficient (Wildman–Crippen LogP) is 3.80. The van der Waals surface area contributed by atoms with Crippen LogP contribution in [0.4, 0.5) is 0 Å². The predicted molar refractivity (Wildman–Crippen MR) is 162 cm³/mol. The topological polar surface area (TPSA) is 213 Å². The van der Waals surface area contributed by atoms with Crippen molar-refractivity contribution in [2.24, 2.45) is 28.6 Å². The fourth-order valence-corrected chi connectivity index (χ4v) is 8.97. The second-order valence-corrected chi connectivity index (χ2v) is 13.9. The van der Waals surface area contributed by atoms with Gasteiger partial charge in [0.2, 0.25) is 5.78 Å². The molecular formula is C33H50N2O13. The van der Waals surface area contributed by atoms with Gasteiger partial charge in [0.15, 0.2) is 18.0 Å². The molecule has 0 aromatic heterocycles. The number of allylic oxidation sites excluding steroid dienone is 4. The van der Waals surface area contributed by atoms with Crippen molar-refractivity contribution in [3.05, 3.63) is 23.8 Å². The van der Waals surface area contributed by atoms with Crippen LogP contribution in [-0.4, -0.2) is 91.7 Å².